The Morgan fingerprint density at radius 1 is 0.344 bits per heavy atom. The zero-order valence-corrected chi connectivity index (χ0v) is 38.6. The summed E-state index contributed by atoms with van der Waals surface area (Å²) in [4.78, 5) is 5.13. The van der Waals surface area contributed by atoms with Crippen LogP contribution < -0.4 is 9.80 Å². The van der Waals surface area contributed by atoms with Gasteiger partial charge in [-0.15, -0.1) is 0 Å². The molecule has 64 heavy (non-hydrogen) atoms. The van der Waals surface area contributed by atoms with Gasteiger partial charge in [0.25, 0.3) is 0 Å². The maximum atomic E-state index is 2.56. The molecule has 2 nitrogen and oxygen atoms in total. The standard InChI is InChI=1S/C62H56N2/c1-39-26-28-41(3)56(34-39)63(54-24-16-22-50(43(54)5)45-18-12-10-13-19-45)58-38-59(53-33-31-48-37-49(62(7,8)9)36-47-30-32-52(58)61(53)60(47)48)64(57-35-40(2)27-29-42(57)4)55-25-17-23-51(44(55)6)46-20-14-11-15-21-46/h10-38H,1-9H3. The number of rotatable bonds is 8. The number of hydrogen-bond acceptors (Lipinski definition) is 2. The Bertz CT molecular complexity index is 3160. The van der Waals surface area contributed by atoms with E-state index in [-0.39, 0.29) is 5.41 Å². The highest BCUT2D eigenvalue weighted by Gasteiger charge is 2.28. The first-order chi connectivity index (χ1) is 30.9. The number of benzene rings is 10. The Hall–Kier alpha value is -7.16. The Morgan fingerprint density at radius 3 is 1.20 bits per heavy atom. The first kappa shape index (κ1) is 40.9. The van der Waals surface area contributed by atoms with Crippen molar-refractivity contribution in [3.05, 3.63) is 215 Å². The molecule has 314 valence electrons. The highest BCUT2D eigenvalue weighted by molar-refractivity contribution is 6.29. The van der Waals surface area contributed by atoms with Crippen molar-refractivity contribution in [2.24, 2.45) is 0 Å². The van der Waals surface area contributed by atoms with Crippen LogP contribution in [0.15, 0.2) is 176 Å². The number of anilines is 6. The lowest BCUT2D eigenvalue weighted by molar-refractivity contribution is 0.591. The van der Waals surface area contributed by atoms with E-state index >= 15 is 0 Å². The van der Waals surface area contributed by atoms with E-state index in [0.717, 1.165) is 22.7 Å². The van der Waals surface area contributed by atoms with Crippen LogP contribution in [0, 0.1) is 41.5 Å². The van der Waals surface area contributed by atoms with Gasteiger partial charge in [-0.05, 0) is 155 Å². The van der Waals surface area contributed by atoms with Crippen molar-refractivity contribution in [1.29, 1.82) is 0 Å². The lowest BCUT2D eigenvalue weighted by Crippen LogP contribution is -2.17. The minimum absolute atomic E-state index is 0.00234. The highest BCUT2D eigenvalue weighted by Crippen LogP contribution is 2.53. The van der Waals surface area contributed by atoms with E-state index in [1.54, 1.807) is 0 Å². The molecule has 10 aromatic carbocycles. The summed E-state index contributed by atoms with van der Waals surface area (Å²) in [6.45, 7) is 20.5. The van der Waals surface area contributed by atoms with Gasteiger partial charge in [0.05, 0.1) is 11.4 Å². The molecule has 0 aromatic heterocycles. The fourth-order valence-electron chi connectivity index (χ4n) is 9.97. The molecule has 0 N–H and O–H groups in total. The van der Waals surface area contributed by atoms with Gasteiger partial charge in [0.2, 0.25) is 0 Å². The average molecular weight is 829 g/mol. The third-order valence-electron chi connectivity index (χ3n) is 13.5. The number of hydrogen-bond donors (Lipinski definition) is 0. The molecule has 0 saturated carbocycles. The summed E-state index contributed by atoms with van der Waals surface area (Å²) in [6, 6.07) is 65.9. The second-order valence-corrected chi connectivity index (χ2v) is 18.9. The molecule has 0 spiro atoms. The molecule has 0 aliphatic rings. The predicted octanol–water partition coefficient (Wildman–Crippen LogP) is 18.0. The smallest absolute Gasteiger partial charge is 0.0561 e. The molecule has 0 heterocycles. The molecule has 10 aromatic rings. The Kier molecular flexibility index (Phi) is 10.1. The van der Waals surface area contributed by atoms with Crippen LogP contribution in [0.1, 0.15) is 59.7 Å². The van der Waals surface area contributed by atoms with E-state index in [4.69, 9.17) is 0 Å². The average Bonchev–Trinajstić information content (AvgIpc) is 3.29. The maximum absolute atomic E-state index is 2.56. The molecule has 2 heteroatoms. The molecule has 0 unspecified atom stereocenters. The summed E-state index contributed by atoms with van der Waals surface area (Å²) in [5.41, 5.74) is 20.5. The third kappa shape index (κ3) is 6.99. The topological polar surface area (TPSA) is 6.48 Å². The summed E-state index contributed by atoms with van der Waals surface area (Å²) in [5, 5.41) is 7.57. The first-order valence-electron chi connectivity index (χ1n) is 22.7. The quantitative estimate of drug-likeness (QED) is 0.141. The molecule has 0 aliphatic carbocycles. The van der Waals surface area contributed by atoms with Crippen LogP contribution in [0.4, 0.5) is 34.1 Å². The Morgan fingerprint density at radius 2 is 0.781 bits per heavy atom. The lowest BCUT2D eigenvalue weighted by Gasteiger charge is -2.35. The van der Waals surface area contributed by atoms with Gasteiger partial charge in [0.15, 0.2) is 0 Å². The monoisotopic (exact) mass is 828 g/mol. The van der Waals surface area contributed by atoms with Crippen LogP contribution in [-0.2, 0) is 5.41 Å². The molecule has 0 fully saturated rings. The lowest BCUT2D eigenvalue weighted by atomic mass is 9.83. The van der Waals surface area contributed by atoms with E-state index in [0.29, 0.717) is 0 Å². The van der Waals surface area contributed by atoms with E-state index in [9.17, 15) is 0 Å². The molecule has 0 bridgehead atoms. The van der Waals surface area contributed by atoms with Gasteiger partial charge in [-0.2, -0.15) is 0 Å². The van der Waals surface area contributed by atoms with Gasteiger partial charge in [-0.3, -0.25) is 0 Å². The van der Waals surface area contributed by atoms with Gasteiger partial charge >= 0.3 is 0 Å². The van der Waals surface area contributed by atoms with E-state index in [2.05, 4.69) is 248 Å². The van der Waals surface area contributed by atoms with Gasteiger partial charge in [-0.1, -0.05) is 166 Å². The van der Waals surface area contributed by atoms with E-state index in [1.165, 1.54) is 105 Å². The second-order valence-electron chi connectivity index (χ2n) is 18.9. The van der Waals surface area contributed by atoms with Crippen LogP contribution in [0.5, 0.6) is 0 Å². The highest BCUT2D eigenvalue weighted by atomic mass is 15.2. The summed E-state index contributed by atoms with van der Waals surface area (Å²) in [5.74, 6) is 0. The van der Waals surface area contributed by atoms with Crippen molar-refractivity contribution in [2.75, 3.05) is 9.80 Å². The molecular weight excluding hydrogens is 773 g/mol. The third-order valence-corrected chi connectivity index (χ3v) is 13.5. The minimum Gasteiger partial charge on any atom is -0.309 e. The molecule has 0 radical (unpaired) electrons. The van der Waals surface area contributed by atoms with Gasteiger partial charge < -0.3 is 9.80 Å². The summed E-state index contributed by atoms with van der Waals surface area (Å²) in [6.07, 6.45) is 0. The Balaban J connectivity index is 1.38. The van der Waals surface area contributed by atoms with Crippen LogP contribution in [0.2, 0.25) is 0 Å². The summed E-state index contributed by atoms with van der Waals surface area (Å²) < 4.78 is 0. The molecule has 0 saturated heterocycles. The van der Waals surface area contributed by atoms with Gasteiger partial charge in [-0.25, -0.2) is 0 Å². The van der Waals surface area contributed by atoms with Crippen LogP contribution >= 0.6 is 0 Å². The SMILES string of the molecule is Cc1ccc(C)c(N(c2cccc(-c3ccccc3)c2C)c2cc(N(c3cc(C)ccc3C)c3cccc(-c4ccccc4)c3C)c3ccc4cc(C(C)(C)C)cc5ccc2c3c54)c1. The maximum Gasteiger partial charge on any atom is 0.0561 e. The van der Waals surface area contributed by atoms with Crippen molar-refractivity contribution in [3.63, 3.8) is 0 Å². The first-order valence-corrected chi connectivity index (χ1v) is 22.7. The van der Waals surface area contributed by atoms with E-state index < -0.39 is 0 Å². The molecule has 0 atom stereocenters. The van der Waals surface area contributed by atoms with Crippen LogP contribution in [-0.4, -0.2) is 0 Å². The van der Waals surface area contributed by atoms with Crippen LogP contribution in [0.25, 0.3) is 54.6 Å². The van der Waals surface area contributed by atoms with Gasteiger partial charge in [0.1, 0.15) is 0 Å². The second kappa shape index (κ2) is 15.9. The molecule has 0 aliphatic heterocycles. The fourth-order valence-corrected chi connectivity index (χ4v) is 9.97. The minimum atomic E-state index is 0.00234. The zero-order chi connectivity index (χ0) is 44.4. The van der Waals surface area contributed by atoms with Crippen molar-refractivity contribution in [3.8, 4) is 22.3 Å². The van der Waals surface area contributed by atoms with Crippen molar-refractivity contribution >= 4 is 66.4 Å². The summed E-state index contributed by atoms with van der Waals surface area (Å²) in [7, 11) is 0. The van der Waals surface area contributed by atoms with E-state index in [1.807, 2.05) is 0 Å². The van der Waals surface area contributed by atoms with Gasteiger partial charge in [0, 0.05) is 38.9 Å². The van der Waals surface area contributed by atoms with Crippen molar-refractivity contribution in [2.45, 2.75) is 67.7 Å². The Labute approximate surface area is 379 Å². The molecular formula is C62H56N2. The zero-order valence-electron chi connectivity index (χ0n) is 38.6. The predicted molar refractivity (Wildman–Crippen MR) is 278 cm³/mol. The molecule has 10 rings (SSSR count). The fraction of sp³-hybridized carbons (Fsp3) is 0.161. The van der Waals surface area contributed by atoms with Crippen molar-refractivity contribution < 1.29 is 0 Å². The number of aryl methyl sites for hydroxylation is 4. The largest absolute Gasteiger partial charge is 0.309 e. The van der Waals surface area contributed by atoms with Crippen LogP contribution in [0.3, 0.4) is 0 Å². The normalized spacial score (nSPS) is 11.8. The summed E-state index contributed by atoms with van der Waals surface area (Å²) >= 11 is 0. The molecule has 0 amide bonds. The van der Waals surface area contributed by atoms with Crippen molar-refractivity contribution in [1.82, 2.24) is 0 Å². The number of nitrogens with zero attached hydrogens (tertiary/aromatic N) is 2.